The average Bonchev–Trinajstić information content (AvgIpc) is 3.03. The summed E-state index contributed by atoms with van der Waals surface area (Å²) in [5.41, 5.74) is 0.108. The zero-order valence-electron chi connectivity index (χ0n) is 17.7. The summed E-state index contributed by atoms with van der Waals surface area (Å²) in [4.78, 5) is 49.8. The van der Waals surface area contributed by atoms with Crippen molar-refractivity contribution in [1.29, 1.82) is 0 Å². The summed E-state index contributed by atoms with van der Waals surface area (Å²) in [7, 11) is 0. The molecule has 0 aromatic rings. The number of fused-ring (bicyclic) bond motifs is 3. The van der Waals surface area contributed by atoms with Crippen molar-refractivity contribution >= 4 is 23.7 Å². The van der Waals surface area contributed by atoms with Gasteiger partial charge in [-0.25, -0.2) is 9.59 Å². The van der Waals surface area contributed by atoms with Crippen LogP contribution in [0.15, 0.2) is 34.4 Å². The lowest BCUT2D eigenvalue weighted by atomic mass is 9.77. The summed E-state index contributed by atoms with van der Waals surface area (Å²) in [5, 5.41) is 9.99. The van der Waals surface area contributed by atoms with Gasteiger partial charge < -0.3 is 19.3 Å². The van der Waals surface area contributed by atoms with Gasteiger partial charge in [-0.2, -0.15) is 0 Å². The summed E-state index contributed by atoms with van der Waals surface area (Å²) in [6.07, 6.45) is 1.24. The molecule has 2 aliphatic carbocycles. The molecular formula is C22H26O8. The fourth-order valence-electron chi connectivity index (χ4n) is 4.68. The van der Waals surface area contributed by atoms with Crippen LogP contribution < -0.4 is 0 Å². The number of hydrogen-bond acceptors (Lipinski definition) is 8. The number of carbonyl (C=O) groups is 4. The standard InChI is InChI=1S/C22H26O8/c1-6-10(2)20(26)28-15-8-13(9-23)17-14(25)7-11(3)16(17)19-18(15)22(5,21(27)29-19)30-12(4)24/h6-7,15-16,18-19,23H,8-9H2,1-5H3. The monoisotopic (exact) mass is 418 g/mol. The van der Waals surface area contributed by atoms with E-state index in [0.717, 1.165) is 0 Å². The second kappa shape index (κ2) is 7.83. The van der Waals surface area contributed by atoms with Crippen LogP contribution in [0.2, 0.25) is 0 Å². The van der Waals surface area contributed by atoms with Crippen LogP contribution in [0.3, 0.4) is 0 Å². The minimum Gasteiger partial charge on any atom is -0.458 e. The highest BCUT2D eigenvalue weighted by molar-refractivity contribution is 6.09. The third kappa shape index (κ3) is 3.39. The third-order valence-corrected chi connectivity index (χ3v) is 6.18. The van der Waals surface area contributed by atoms with Crippen molar-refractivity contribution in [2.75, 3.05) is 6.61 Å². The number of carbonyl (C=O) groups excluding carboxylic acids is 4. The second-order valence-electron chi connectivity index (χ2n) is 8.12. The first-order chi connectivity index (χ1) is 14.0. The molecule has 3 rings (SSSR count). The molecule has 0 spiro atoms. The van der Waals surface area contributed by atoms with E-state index in [1.54, 1.807) is 26.8 Å². The van der Waals surface area contributed by atoms with Gasteiger partial charge in [-0.05, 0) is 39.3 Å². The summed E-state index contributed by atoms with van der Waals surface area (Å²) in [5.74, 6) is -3.76. The van der Waals surface area contributed by atoms with Crippen LogP contribution in [-0.4, -0.2) is 53.2 Å². The molecule has 5 unspecified atom stereocenters. The maximum absolute atomic E-state index is 12.8. The molecule has 0 bridgehead atoms. The topological polar surface area (TPSA) is 116 Å². The van der Waals surface area contributed by atoms with Gasteiger partial charge in [0.05, 0.1) is 12.5 Å². The maximum Gasteiger partial charge on any atom is 0.351 e. The Hall–Kier alpha value is -2.74. The first-order valence-corrected chi connectivity index (χ1v) is 9.85. The highest BCUT2D eigenvalue weighted by Gasteiger charge is 2.65. The van der Waals surface area contributed by atoms with Crippen molar-refractivity contribution in [2.45, 2.75) is 58.8 Å². The van der Waals surface area contributed by atoms with Crippen LogP contribution >= 0.6 is 0 Å². The number of aliphatic hydroxyl groups is 1. The number of aliphatic hydroxyl groups excluding tert-OH is 1. The van der Waals surface area contributed by atoms with E-state index in [1.165, 1.54) is 19.9 Å². The Kier molecular flexibility index (Phi) is 5.73. The fourth-order valence-corrected chi connectivity index (χ4v) is 4.68. The molecule has 1 saturated heterocycles. The Balaban J connectivity index is 2.16. The lowest BCUT2D eigenvalue weighted by molar-refractivity contribution is -0.176. The molecule has 0 aromatic carbocycles. The van der Waals surface area contributed by atoms with Crippen LogP contribution in [0.5, 0.6) is 0 Å². The molecule has 162 valence electrons. The van der Waals surface area contributed by atoms with Gasteiger partial charge in [0.15, 0.2) is 5.78 Å². The minimum absolute atomic E-state index is 0.0204. The molecule has 1 N–H and O–H groups in total. The first-order valence-electron chi connectivity index (χ1n) is 9.85. The largest absolute Gasteiger partial charge is 0.458 e. The number of rotatable bonds is 4. The molecule has 0 amide bonds. The van der Waals surface area contributed by atoms with E-state index in [4.69, 9.17) is 14.2 Å². The lowest BCUT2D eigenvalue weighted by Crippen LogP contribution is -2.50. The Morgan fingerprint density at radius 1 is 1.33 bits per heavy atom. The van der Waals surface area contributed by atoms with Gasteiger partial charge in [0.25, 0.3) is 0 Å². The predicted molar refractivity (Wildman–Crippen MR) is 104 cm³/mol. The molecule has 8 heteroatoms. The molecule has 8 nitrogen and oxygen atoms in total. The smallest absolute Gasteiger partial charge is 0.351 e. The SMILES string of the molecule is CC=C(C)C(=O)OC1CC(CO)=C2C(=O)C=C(C)C2C2OC(=O)C(C)(OC(C)=O)C12. The van der Waals surface area contributed by atoms with Gasteiger partial charge in [0.2, 0.25) is 5.60 Å². The number of ether oxygens (including phenoxy) is 3. The normalized spacial score (nSPS) is 33.4. The van der Waals surface area contributed by atoms with Gasteiger partial charge in [0, 0.05) is 30.4 Å². The van der Waals surface area contributed by atoms with Gasteiger partial charge in [0.1, 0.15) is 12.2 Å². The van der Waals surface area contributed by atoms with Crippen molar-refractivity contribution < 1.29 is 38.5 Å². The van der Waals surface area contributed by atoms with Gasteiger partial charge in [-0.15, -0.1) is 0 Å². The predicted octanol–water partition coefficient (Wildman–Crippen LogP) is 1.57. The highest BCUT2D eigenvalue weighted by Crippen LogP contribution is 2.51. The van der Waals surface area contributed by atoms with Crippen LogP contribution in [0.1, 0.15) is 41.0 Å². The number of hydrogen-bond donors (Lipinski definition) is 1. The van der Waals surface area contributed by atoms with Crippen molar-refractivity contribution in [3.8, 4) is 0 Å². The van der Waals surface area contributed by atoms with E-state index in [0.29, 0.717) is 22.3 Å². The molecular weight excluding hydrogens is 392 g/mol. The molecule has 1 heterocycles. The zero-order chi connectivity index (χ0) is 22.4. The summed E-state index contributed by atoms with van der Waals surface area (Å²) in [6, 6.07) is 0. The molecule has 0 radical (unpaired) electrons. The van der Waals surface area contributed by atoms with E-state index in [2.05, 4.69) is 0 Å². The van der Waals surface area contributed by atoms with Gasteiger partial charge in [-0.1, -0.05) is 11.6 Å². The van der Waals surface area contributed by atoms with E-state index in [-0.39, 0.29) is 12.2 Å². The van der Waals surface area contributed by atoms with Crippen LogP contribution in [0.25, 0.3) is 0 Å². The average molecular weight is 418 g/mol. The highest BCUT2D eigenvalue weighted by atomic mass is 16.6. The molecule has 30 heavy (non-hydrogen) atoms. The molecule has 1 aliphatic heterocycles. The lowest BCUT2D eigenvalue weighted by Gasteiger charge is -2.34. The Bertz CT molecular complexity index is 908. The van der Waals surface area contributed by atoms with Crippen molar-refractivity contribution in [3.63, 3.8) is 0 Å². The molecule has 5 atom stereocenters. The van der Waals surface area contributed by atoms with Crippen LogP contribution in [0.4, 0.5) is 0 Å². The van der Waals surface area contributed by atoms with Gasteiger partial charge in [-0.3, -0.25) is 9.59 Å². The summed E-state index contributed by atoms with van der Waals surface area (Å²) < 4.78 is 16.8. The minimum atomic E-state index is -1.70. The summed E-state index contributed by atoms with van der Waals surface area (Å²) >= 11 is 0. The molecule has 0 aromatic heterocycles. The molecule has 1 fully saturated rings. The first kappa shape index (κ1) is 22.0. The van der Waals surface area contributed by atoms with Crippen LogP contribution in [0, 0.1) is 11.8 Å². The van der Waals surface area contributed by atoms with Crippen molar-refractivity contribution in [3.05, 3.63) is 34.4 Å². The van der Waals surface area contributed by atoms with E-state index >= 15 is 0 Å². The van der Waals surface area contributed by atoms with Crippen molar-refractivity contribution in [1.82, 2.24) is 0 Å². The Morgan fingerprint density at radius 2 is 2.00 bits per heavy atom. The number of allylic oxidation sites excluding steroid dienone is 2. The second-order valence-corrected chi connectivity index (χ2v) is 8.12. The third-order valence-electron chi connectivity index (χ3n) is 6.18. The maximum atomic E-state index is 12.8. The summed E-state index contributed by atoms with van der Waals surface area (Å²) in [6.45, 7) is 7.23. The number of ketones is 1. The Morgan fingerprint density at radius 3 is 2.57 bits per heavy atom. The van der Waals surface area contributed by atoms with Crippen molar-refractivity contribution in [2.24, 2.45) is 11.8 Å². The van der Waals surface area contributed by atoms with Crippen LogP contribution in [-0.2, 0) is 33.4 Å². The quantitative estimate of drug-likeness (QED) is 0.415. The van der Waals surface area contributed by atoms with Gasteiger partial charge >= 0.3 is 17.9 Å². The van der Waals surface area contributed by atoms with E-state index < -0.39 is 54.2 Å². The molecule has 3 aliphatic rings. The van der Waals surface area contributed by atoms with E-state index in [1.807, 2.05) is 0 Å². The fraction of sp³-hybridized carbons (Fsp3) is 0.545. The van der Waals surface area contributed by atoms with E-state index in [9.17, 15) is 24.3 Å². The zero-order valence-corrected chi connectivity index (χ0v) is 17.7. The molecule has 0 saturated carbocycles. The Labute approximate surface area is 174 Å². The number of esters is 3.